The maximum absolute atomic E-state index is 13.7. The van der Waals surface area contributed by atoms with Gasteiger partial charge >= 0.3 is 5.97 Å². The number of carbonyl (C=O) groups is 1. The summed E-state index contributed by atoms with van der Waals surface area (Å²) in [7, 11) is 1.59. The van der Waals surface area contributed by atoms with Crippen molar-refractivity contribution in [1.82, 2.24) is 4.57 Å². The number of esters is 1. The van der Waals surface area contributed by atoms with Crippen LogP contribution in [0.15, 0.2) is 57.5 Å². The number of methoxy groups -OCH3 is 1. The number of aromatic nitrogens is 1. The Bertz CT molecular complexity index is 1530. The summed E-state index contributed by atoms with van der Waals surface area (Å²) in [6.45, 7) is 5.87. The van der Waals surface area contributed by atoms with Crippen molar-refractivity contribution in [2.45, 2.75) is 26.8 Å². The van der Waals surface area contributed by atoms with Gasteiger partial charge in [-0.3, -0.25) is 9.36 Å². The van der Waals surface area contributed by atoms with Gasteiger partial charge in [0, 0.05) is 0 Å². The molecule has 0 fully saturated rings. The first kappa shape index (κ1) is 22.9. The number of hydrogen-bond donors (Lipinski definition) is 0. The minimum atomic E-state index is -0.670. The third-order valence-corrected chi connectivity index (χ3v) is 6.98. The van der Waals surface area contributed by atoms with Gasteiger partial charge in [0.2, 0.25) is 6.79 Å². The summed E-state index contributed by atoms with van der Waals surface area (Å²) in [5.74, 6) is 1.52. The van der Waals surface area contributed by atoms with Gasteiger partial charge < -0.3 is 18.9 Å². The summed E-state index contributed by atoms with van der Waals surface area (Å²) in [6, 6.07) is 10.4. The maximum Gasteiger partial charge on any atom is 0.338 e. The van der Waals surface area contributed by atoms with Gasteiger partial charge in [0.25, 0.3) is 5.56 Å². The fourth-order valence-corrected chi connectivity index (χ4v) is 5.29. The van der Waals surface area contributed by atoms with E-state index in [1.807, 2.05) is 37.3 Å². The fourth-order valence-electron chi connectivity index (χ4n) is 4.25. The van der Waals surface area contributed by atoms with Crippen LogP contribution in [0.4, 0.5) is 0 Å². The van der Waals surface area contributed by atoms with E-state index in [1.165, 1.54) is 11.3 Å². The zero-order valence-corrected chi connectivity index (χ0v) is 20.6. The van der Waals surface area contributed by atoms with Crippen LogP contribution < -0.4 is 29.1 Å². The van der Waals surface area contributed by atoms with Crippen molar-refractivity contribution in [1.29, 1.82) is 0 Å². The molecule has 8 nitrogen and oxygen atoms in total. The number of rotatable bonds is 5. The molecule has 2 aromatic carbocycles. The number of fused-ring (bicyclic) bond motifs is 2. The van der Waals surface area contributed by atoms with Crippen molar-refractivity contribution < 1.29 is 23.7 Å². The van der Waals surface area contributed by atoms with Crippen LogP contribution in [0.25, 0.3) is 6.08 Å². The second-order valence-electron chi connectivity index (χ2n) is 8.14. The van der Waals surface area contributed by atoms with Gasteiger partial charge in [-0.05, 0) is 67.8 Å². The first-order chi connectivity index (χ1) is 16.9. The molecule has 0 amide bonds. The first-order valence-electron chi connectivity index (χ1n) is 11.1. The number of aryl methyl sites for hydroxylation is 1. The minimum absolute atomic E-state index is 0.179. The summed E-state index contributed by atoms with van der Waals surface area (Å²) in [5.41, 5.74) is 3.19. The molecule has 0 radical (unpaired) electrons. The van der Waals surface area contributed by atoms with Gasteiger partial charge in [-0.1, -0.05) is 23.5 Å². The molecule has 180 valence electrons. The van der Waals surface area contributed by atoms with Crippen LogP contribution in [0.5, 0.6) is 17.2 Å². The van der Waals surface area contributed by atoms with Crippen LogP contribution in [0, 0.1) is 6.92 Å². The summed E-state index contributed by atoms with van der Waals surface area (Å²) in [4.78, 5) is 31.8. The van der Waals surface area contributed by atoms with E-state index >= 15 is 0 Å². The Morgan fingerprint density at radius 2 is 1.91 bits per heavy atom. The molecule has 0 aliphatic carbocycles. The van der Waals surface area contributed by atoms with Crippen molar-refractivity contribution >= 4 is 23.4 Å². The molecule has 9 heteroatoms. The number of allylic oxidation sites excluding steroid dienone is 1. The number of benzene rings is 2. The van der Waals surface area contributed by atoms with E-state index in [2.05, 4.69) is 4.99 Å². The van der Waals surface area contributed by atoms with Crippen LogP contribution >= 0.6 is 11.3 Å². The maximum atomic E-state index is 13.7. The van der Waals surface area contributed by atoms with Crippen molar-refractivity contribution in [3.63, 3.8) is 0 Å². The molecular weight excluding hydrogens is 468 g/mol. The average Bonchev–Trinajstić information content (AvgIpc) is 3.42. The van der Waals surface area contributed by atoms with E-state index in [-0.39, 0.29) is 19.0 Å². The molecule has 0 N–H and O–H groups in total. The number of ether oxygens (including phenoxy) is 4. The Morgan fingerprint density at radius 1 is 1.20 bits per heavy atom. The topological polar surface area (TPSA) is 88.4 Å². The smallest absolute Gasteiger partial charge is 0.338 e. The molecule has 0 bridgehead atoms. The summed E-state index contributed by atoms with van der Waals surface area (Å²) >= 11 is 1.28. The summed E-state index contributed by atoms with van der Waals surface area (Å²) < 4.78 is 23.6. The Labute approximate surface area is 205 Å². The second-order valence-corrected chi connectivity index (χ2v) is 9.15. The van der Waals surface area contributed by atoms with E-state index in [0.29, 0.717) is 37.9 Å². The number of hydrogen-bond acceptors (Lipinski definition) is 8. The van der Waals surface area contributed by atoms with Crippen LogP contribution in [0.2, 0.25) is 0 Å². The van der Waals surface area contributed by atoms with Gasteiger partial charge in [0.1, 0.15) is 5.75 Å². The lowest BCUT2D eigenvalue weighted by Crippen LogP contribution is -2.39. The van der Waals surface area contributed by atoms with Gasteiger partial charge in [-0.15, -0.1) is 0 Å². The van der Waals surface area contributed by atoms with Crippen molar-refractivity contribution in [2.24, 2.45) is 4.99 Å². The molecule has 0 spiro atoms. The first-order valence-corrected chi connectivity index (χ1v) is 12.0. The summed E-state index contributed by atoms with van der Waals surface area (Å²) in [6.07, 6.45) is 1.83. The van der Waals surface area contributed by atoms with Crippen molar-refractivity contribution in [3.8, 4) is 17.2 Å². The summed E-state index contributed by atoms with van der Waals surface area (Å²) in [5, 5.41) is 0. The van der Waals surface area contributed by atoms with Crippen LogP contribution in [-0.4, -0.2) is 31.0 Å². The average molecular weight is 493 g/mol. The zero-order chi connectivity index (χ0) is 24.7. The second kappa shape index (κ2) is 9.07. The highest BCUT2D eigenvalue weighted by atomic mass is 32.1. The molecule has 1 aromatic heterocycles. The number of nitrogens with zero attached hydrogens (tertiary/aromatic N) is 2. The Morgan fingerprint density at radius 3 is 2.60 bits per heavy atom. The fraction of sp³-hybridized carbons (Fsp3) is 0.269. The Balaban J connectivity index is 1.70. The van der Waals surface area contributed by atoms with E-state index < -0.39 is 12.0 Å². The molecule has 0 unspecified atom stereocenters. The van der Waals surface area contributed by atoms with E-state index in [1.54, 1.807) is 37.7 Å². The van der Waals surface area contributed by atoms with Crippen LogP contribution in [0.1, 0.15) is 36.6 Å². The highest BCUT2D eigenvalue weighted by molar-refractivity contribution is 7.07. The Hall–Kier alpha value is -3.85. The highest BCUT2D eigenvalue weighted by Gasteiger charge is 2.33. The predicted octanol–water partition coefficient (Wildman–Crippen LogP) is 2.84. The number of thiazole rings is 1. The third kappa shape index (κ3) is 4.01. The minimum Gasteiger partial charge on any atom is -0.497 e. The molecule has 1 atom stereocenters. The van der Waals surface area contributed by atoms with E-state index in [9.17, 15) is 9.59 Å². The molecular formula is C26H24N2O6S. The van der Waals surface area contributed by atoms with Crippen molar-refractivity contribution in [3.05, 3.63) is 84.0 Å². The van der Waals surface area contributed by atoms with E-state index in [0.717, 1.165) is 16.7 Å². The molecule has 35 heavy (non-hydrogen) atoms. The molecule has 2 aliphatic heterocycles. The third-order valence-electron chi connectivity index (χ3n) is 6.00. The van der Waals surface area contributed by atoms with Crippen LogP contribution in [0.3, 0.4) is 0 Å². The van der Waals surface area contributed by atoms with Crippen molar-refractivity contribution in [2.75, 3.05) is 20.5 Å². The Kier molecular flexibility index (Phi) is 5.94. The molecule has 0 saturated carbocycles. The largest absolute Gasteiger partial charge is 0.497 e. The normalized spacial score (nSPS) is 16.7. The lowest BCUT2D eigenvalue weighted by atomic mass is 9.96. The van der Waals surface area contributed by atoms with Gasteiger partial charge in [0.15, 0.2) is 16.3 Å². The van der Waals surface area contributed by atoms with Gasteiger partial charge in [-0.25, -0.2) is 9.79 Å². The molecule has 5 rings (SSSR count). The SMILES string of the molecule is CCOC(=O)C1=C(C)N=c2s/c(=C\c3cc4c(cc3C)OCO4)c(=O)n2[C@H]1c1ccc(OC)cc1. The monoisotopic (exact) mass is 492 g/mol. The quantitative estimate of drug-likeness (QED) is 0.509. The predicted molar refractivity (Wildman–Crippen MR) is 131 cm³/mol. The lowest BCUT2D eigenvalue weighted by Gasteiger charge is -2.24. The molecule has 2 aliphatic rings. The molecule has 0 saturated heterocycles. The van der Waals surface area contributed by atoms with Crippen LogP contribution in [-0.2, 0) is 9.53 Å². The number of carbonyl (C=O) groups excluding carboxylic acids is 1. The lowest BCUT2D eigenvalue weighted by molar-refractivity contribution is -0.139. The molecule has 3 aromatic rings. The molecule has 3 heterocycles. The van der Waals surface area contributed by atoms with Gasteiger partial charge in [-0.2, -0.15) is 0 Å². The highest BCUT2D eigenvalue weighted by Crippen LogP contribution is 2.35. The standard InChI is InChI=1S/C26H24N2O6S/c1-5-32-25(30)22-15(3)27-26-28(23(22)16-6-8-18(31-4)9-7-16)24(29)21(35-26)12-17-11-20-19(10-14(17)2)33-13-34-20/h6-12,23H,5,13H2,1-4H3/b21-12-/t23-/m0/s1. The zero-order valence-electron chi connectivity index (χ0n) is 19.8. The van der Waals surface area contributed by atoms with E-state index in [4.69, 9.17) is 18.9 Å². The van der Waals surface area contributed by atoms with Gasteiger partial charge in [0.05, 0.1) is 35.6 Å².